The van der Waals surface area contributed by atoms with Crippen LogP contribution in [0.1, 0.15) is 97.5 Å². The van der Waals surface area contributed by atoms with Crippen molar-refractivity contribution in [1.29, 1.82) is 0 Å². The highest BCUT2D eigenvalue weighted by atomic mass is 16.7. The minimum absolute atomic E-state index is 0.0267. The molecule has 1 aromatic rings. The van der Waals surface area contributed by atoms with Gasteiger partial charge in [-0.1, -0.05) is 39.8 Å². The summed E-state index contributed by atoms with van der Waals surface area (Å²) in [5, 5.41) is 2.96. The van der Waals surface area contributed by atoms with E-state index in [1.807, 2.05) is 24.3 Å². The Morgan fingerprint density at radius 1 is 0.952 bits per heavy atom. The largest absolute Gasteiger partial charge is 0.497 e. The van der Waals surface area contributed by atoms with Crippen molar-refractivity contribution in [2.75, 3.05) is 13.7 Å². The SMILES string of the molecule is COc1ccc(CNC(=O)O[C@H]2CC[C@@]3(C)[C@H](CC[C@@H]4[C@@H]3CC[C@]3(C)[C@@H]5[C@H](C[C@@H]43)O[C@]3(CC[C@@H](C)CO3)[C@H]5C)C2)cc1. The lowest BCUT2D eigenvalue weighted by molar-refractivity contribution is -0.273. The average molecular weight is 580 g/mol. The molecule has 0 aromatic heterocycles. The second kappa shape index (κ2) is 10.7. The van der Waals surface area contributed by atoms with Gasteiger partial charge >= 0.3 is 6.09 Å². The maximum absolute atomic E-state index is 12.7. The van der Waals surface area contributed by atoms with Crippen LogP contribution < -0.4 is 10.1 Å². The zero-order chi connectivity index (χ0) is 29.3. The number of alkyl carbamates (subject to hydrolysis) is 1. The summed E-state index contributed by atoms with van der Waals surface area (Å²) >= 11 is 0. The van der Waals surface area contributed by atoms with Gasteiger partial charge in [-0.3, -0.25) is 0 Å². The fraction of sp³-hybridized carbons (Fsp3) is 0.806. The average Bonchev–Trinajstić information content (AvgIpc) is 3.43. The van der Waals surface area contributed by atoms with E-state index in [4.69, 9.17) is 18.9 Å². The Hall–Kier alpha value is -1.79. The molecule has 2 aliphatic heterocycles. The Bertz CT molecular complexity index is 1150. The van der Waals surface area contributed by atoms with Gasteiger partial charge in [0.05, 0.1) is 19.8 Å². The highest BCUT2D eigenvalue weighted by molar-refractivity contribution is 5.67. The van der Waals surface area contributed by atoms with Crippen LogP contribution in [0.2, 0.25) is 0 Å². The number of carbonyl (C=O) groups is 1. The van der Waals surface area contributed by atoms with Gasteiger partial charge in [-0.25, -0.2) is 4.79 Å². The van der Waals surface area contributed by atoms with Gasteiger partial charge in [0, 0.05) is 18.9 Å². The fourth-order valence-corrected chi connectivity index (χ4v) is 11.5. The van der Waals surface area contributed by atoms with E-state index >= 15 is 0 Å². The Kier molecular flexibility index (Phi) is 7.36. The predicted molar refractivity (Wildman–Crippen MR) is 162 cm³/mol. The first kappa shape index (κ1) is 29.0. The van der Waals surface area contributed by atoms with Crippen molar-refractivity contribution >= 4 is 6.09 Å². The molecule has 7 rings (SSSR count). The van der Waals surface area contributed by atoms with Crippen molar-refractivity contribution in [2.45, 2.75) is 116 Å². The number of hydrogen-bond donors (Lipinski definition) is 1. The molecule has 4 aliphatic carbocycles. The smallest absolute Gasteiger partial charge is 0.407 e. The maximum atomic E-state index is 12.7. The number of carbonyl (C=O) groups excluding carboxylic acids is 1. The second-order valence-corrected chi connectivity index (χ2v) is 15.7. The molecular formula is C36H53NO5. The van der Waals surface area contributed by atoms with Gasteiger partial charge < -0.3 is 24.3 Å². The van der Waals surface area contributed by atoms with Crippen LogP contribution in [0.5, 0.6) is 5.75 Å². The molecule has 2 saturated heterocycles. The molecule has 2 heterocycles. The van der Waals surface area contributed by atoms with Crippen LogP contribution in [-0.2, 0) is 20.8 Å². The lowest BCUT2D eigenvalue weighted by Gasteiger charge is -2.61. The summed E-state index contributed by atoms with van der Waals surface area (Å²) < 4.78 is 24.7. The number of fused-ring (bicyclic) bond motifs is 7. The number of nitrogens with one attached hydrogen (secondary N) is 1. The van der Waals surface area contributed by atoms with Gasteiger partial charge in [0.1, 0.15) is 11.9 Å². The molecule has 232 valence electrons. The third-order valence-corrected chi connectivity index (χ3v) is 13.8. The Morgan fingerprint density at radius 2 is 1.74 bits per heavy atom. The van der Waals surface area contributed by atoms with Gasteiger partial charge in [0.15, 0.2) is 5.79 Å². The number of hydrogen-bond acceptors (Lipinski definition) is 5. The van der Waals surface area contributed by atoms with Gasteiger partial charge in [0.25, 0.3) is 0 Å². The summed E-state index contributed by atoms with van der Waals surface area (Å²) in [6, 6.07) is 7.79. The number of methoxy groups -OCH3 is 1. The standard InChI is InChI=1S/C36H53NO5/c1-22-12-17-36(40-21-22)23(2)32-31(42-36)19-30-28-11-8-25-18-27(13-15-34(25,3)29(28)14-16-35(30,32)4)41-33(38)37-20-24-6-9-26(39-5)10-7-24/h6-7,9-10,22-23,25,27-32H,8,11-21H2,1-5H3,(H,37,38)/t22-,23+,25-,27+,28-,29+,30+,31+,32+,34+,35+,36-/m1/s1. The van der Waals surface area contributed by atoms with Crippen LogP contribution >= 0.6 is 0 Å². The molecule has 0 unspecified atom stereocenters. The van der Waals surface area contributed by atoms with Crippen molar-refractivity contribution < 1.29 is 23.7 Å². The third kappa shape index (κ3) is 4.60. The van der Waals surface area contributed by atoms with Gasteiger partial charge in [0.2, 0.25) is 0 Å². The first-order valence-electron chi connectivity index (χ1n) is 17.0. The minimum atomic E-state index is -0.324. The Morgan fingerprint density at radius 3 is 2.48 bits per heavy atom. The van der Waals surface area contributed by atoms with Crippen LogP contribution in [0.4, 0.5) is 4.79 Å². The molecule has 0 radical (unpaired) electrons. The van der Waals surface area contributed by atoms with Crippen LogP contribution in [0.15, 0.2) is 24.3 Å². The summed E-state index contributed by atoms with van der Waals surface area (Å²) in [6.45, 7) is 11.3. The molecule has 6 aliphatic rings. The first-order chi connectivity index (χ1) is 20.1. The summed E-state index contributed by atoms with van der Waals surface area (Å²) in [5.41, 5.74) is 1.77. The van der Waals surface area contributed by atoms with Crippen molar-refractivity contribution in [3.63, 3.8) is 0 Å². The van der Waals surface area contributed by atoms with Gasteiger partial charge in [-0.15, -0.1) is 0 Å². The van der Waals surface area contributed by atoms with E-state index in [0.29, 0.717) is 47.2 Å². The topological polar surface area (TPSA) is 66.0 Å². The van der Waals surface area contributed by atoms with E-state index in [0.717, 1.165) is 54.9 Å². The molecule has 6 heteroatoms. The van der Waals surface area contributed by atoms with E-state index in [2.05, 4.69) is 33.0 Å². The molecule has 42 heavy (non-hydrogen) atoms. The summed E-state index contributed by atoms with van der Waals surface area (Å²) in [7, 11) is 1.66. The Balaban J connectivity index is 0.970. The normalized spacial score (nSPS) is 47.6. The molecule has 1 aromatic carbocycles. The molecule has 0 bridgehead atoms. The molecule has 6 nitrogen and oxygen atoms in total. The fourth-order valence-electron chi connectivity index (χ4n) is 11.5. The molecule has 6 fully saturated rings. The van der Waals surface area contributed by atoms with Gasteiger partial charge in [-0.2, -0.15) is 0 Å². The number of rotatable bonds is 4. The van der Waals surface area contributed by atoms with Crippen molar-refractivity contribution in [3.05, 3.63) is 29.8 Å². The highest BCUT2D eigenvalue weighted by Crippen LogP contribution is 2.71. The zero-order valence-corrected chi connectivity index (χ0v) is 26.5. The van der Waals surface area contributed by atoms with Crippen LogP contribution in [0.25, 0.3) is 0 Å². The van der Waals surface area contributed by atoms with Crippen LogP contribution in [0, 0.1) is 52.3 Å². The zero-order valence-electron chi connectivity index (χ0n) is 26.5. The quantitative estimate of drug-likeness (QED) is 0.395. The number of ether oxygens (including phenoxy) is 4. The lowest BCUT2D eigenvalue weighted by atomic mass is 9.44. The molecule has 4 saturated carbocycles. The van der Waals surface area contributed by atoms with E-state index < -0.39 is 0 Å². The number of amides is 1. The van der Waals surface area contributed by atoms with E-state index in [9.17, 15) is 4.79 Å². The first-order valence-corrected chi connectivity index (χ1v) is 17.0. The number of benzene rings is 1. The summed E-state index contributed by atoms with van der Waals surface area (Å²) in [5.74, 6) is 5.26. The summed E-state index contributed by atoms with van der Waals surface area (Å²) in [4.78, 5) is 12.7. The maximum Gasteiger partial charge on any atom is 0.407 e. The van der Waals surface area contributed by atoms with Crippen molar-refractivity contribution in [3.8, 4) is 5.75 Å². The summed E-state index contributed by atoms with van der Waals surface area (Å²) in [6.07, 6.45) is 12.1. The van der Waals surface area contributed by atoms with E-state index in [1.54, 1.807) is 7.11 Å². The lowest BCUT2D eigenvalue weighted by Crippen LogP contribution is -2.55. The molecule has 1 amide bonds. The monoisotopic (exact) mass is 579 g/mol. The molecule has 12 atom stereocenters. The van der Waals surface area contributed by atoms with Crippen LogP contribution in [0.3, 0.4) is 0 Å². The Labute approximate surface area is 253 Å². The van der Waals surface area contributed by atoms with Crippen molar-refractivity contribution in [1.82, 2.24) is 5.32 Å². The molecular weight excluding hydrogens is 526 g/mol. The molecule has 1 spiro atoms. The van der Waals surface area contributed by atoms with E-state index in [1.165, 1.54) is 44.9 Å². The third-order valence-electron chi connectivity index (χ3n) is 13.8. The van der Waals surface area contributed by atoms with E-state index in [-0.39, 0.29) is 18.0 Å². The second-order valence-electron chi connectivity index (χ2n) is 15.7. The van der Waals surface area contributed by atoms with Crippen molar-refractivity contribution in [2.24, 2.45) is 52.3 Å². The minimum Gasteiger partial charge on any atom is -0.497 e. The van der Waals surface area contributed by atoms with Gasteiger partial charge in [-0.05, 0) is 122 Å². The molecule has 1 N–H and O–H groups in total. The highest BCUT2D eigenvalue weighted by Gasteiger charge is 2.69. The predicted octanol–water partition coefficient (Wildman–Crippen LogP) is 7.74. The van der Waals surface area contributed by atoms with Crippen LogP contribution in [-0.4, -0.2) is 37.8 Å².